The first-order chi connectivity index (χ1) is 16.5. The van der Waals surface area contributed by atoms with Crippen LogP contribution in [0, 0.1) is 35.2 Å². The molecule has 2 fully saturated rings. The van der Waals surface area contributed by atoms with Crippen molar-refractivity contribution >= 4 is 0 Å². The molecule has 2 aromatic rings. The summed E-state index contributed by atoms with van der Waals surface area (Å²) >= 11 is 0. The minimum atomic E-state index is -1.41. The molecule has 0 amide bonds. The molecule has 3 heteroatoms. The van der Waals surface area contributed by atoms with Gasteiger partial charge in [-0.25, -0.2) is 13.2 Å². The van der Waals surface area contributed by atoms with Gasteiger partial charge < -0.3 is 0 Å². The Balaban J connectivity index is 1.16. The zero-order chi connectivity index (χ0) is 23.9. The lowest BCUT2D eigenvalue weighted by molar-refractivity contribution is 0.243. The Bertz CT molecular complexity index is 864. The van der Waals surface area contributed by atoms with Gasteiger partial charge >= 0.3 is 0 Å². The van der Waals surface area contributed by atoms with Gasteiger partial charge in [0.25, 0.3) is 0 Å². The summed E-state index contributed by atoms with van der Waals surface area (Å²) < 4.78 is 40.4. The van der Waals surface area contributed by atoms with Crippen molar-refractivity contribution < 1.29 is 13.2 Å². The van der Waals surface area contributed by atoms with E-state index >= 15 is 0 Å². The van der Waals surface area contributed by atoms with E-state index in [1.807, 2.05) is 12.1 Å². The minimum Gasteiger partial charge on any atom is -0.204 e. The van der Waals surface area contributed by atoms with Crippen LogP contribution in [0.15, 0.2) is 36.4 Å². The van der Waals surface area contributed by atoms with E-state index in [0.29, 0.717) is 17.0 Å². The molecule has 0 heterocycles. The molecule has 0 unspecified atom stereocenters. The van der Waals surface area contributed by atoms with E-state index in [1.165, 1.54) is 95.5 Å². The van der Waals surface area contributed by atoms with Gasteiger partial charge in [0.05, 0.1) is 0 Å². The van der Waals surface area contributed by atoms with E-state index in [0.717, 1.165) is 29.9 Å². The summed E-state index contributed by atoms with van der Waals surface area (Å²) in [7, 11) is 0. The van der Waals surface area contributed by atoms with Crippen molar-refractivity contribution in [3.63, 3.8) is 0 Å². The van der Waals surface area contributed by atoms with Crippen LogP contribution in [0.4, 0.5) is 13.2 Å². The fourth-order valence-electron chi connectivity index (χ4n) is 6.54. The lowest BCUT2D eigenvalue weighted by Crippen LogP contribution is -2.15. The predicted octanol–water partition coefficient (Wildman–Crippen LogP) is 10.2. The highest BCUT2D eigenvalue weighted by molar-refractivity contribution is 5.64. The Kier molecular flexibility index (Phi) is 9.14. The van der Waals surface area contributed by atoms with Crippen molar-refractivity contribution in [2.75, 3.05) is 0 Å². The first-order valence-electron chi connectivity index (χ1n) is 13.8. The van der Waals surface area contributed by atoms with Gasteiger partial charge in [-0.2, -0.15) is 0 Å². The lowest BCUT2D eigenvalue weighted by Gasteiger charge is -2.30. The summed E-state index contributed by atoms with van der Waals surface area (Å²) in [5.41, 5.74) is 2.40. The third-order valence-corrected chi connectivity index (χ3v) is 8.68. The van der Waals surface area contributed by atoms with Crippen molar-refractivity contribution in [1.82, 2.24) is 0 Å². The van der Waals surface area contributed by atoms with Gasteiger partial charge in [-0.05, 0) is 78.2 Å². The molecule has 2 aromatic carbocycles. The number of rotatable bonds is 9. The Morgan fingerprint density at radius 3 is 1.59 bits per heavy atom. The van der Waals surface area contributed by atoms with Crippen LogP contribution in [-0.4, -0.2) is 0 Å². The van der Waals surface area contributed by atoms with E-state index in [4.69, 9.17) is 0 Å². The third-order valence-electron chi connectivity index (χ3n) is 8.68. The van der Waals surface area contributed by atoms with Crippen LogP contribution < -0.4 is 0 Å². The van der Waals surface area contributed by atoms with E-state index < -0.39 is 17.5 Å². The van der Waals surface area contributed by atoms with Crippen molar-refractivity contribution in [3.05, 3.63) is 59.4 Å². The monoisotopic (exact) mass is 470 g/mol. The van der Waals surface area contributed by atoms with Crippen LogP contribution in [-0.2, 0) is 0 Å². The number of hydrogen-bond acceptors (Lipinski definition) is 0. The second kappa shape index (κ2) is 12.3. The average molecular weight is 471 g/mol. The molecule has 2 aliphatic carbocycles. The standard InChI is InChI=1S/C31H41F3/c1-2-5-22-8-10-23(11-9-22)6-3-4-7-24-12-14-25(15-13-24)26-16-18-27(19-17-26)28-20-29(32)31(34)30(33)21-28/h16-25H,2-15H2,1H3/t22-,23-,24?,25?. The van der Waals surface area contributed by atoms with Crippen LogP contribution in [0.1, 0.15) is 108 Å². The Labute approximate surface area is 204 Å². The van der Waals surface area contributed by atoms with Crippen molar-refractivity contribution in [1.29, 1.82) is 0 Å². The highest BCUT2D eigenvalue weighted by atomic mass is 19.2. The van der Waals surface area contributed by atoms with Crippen LogP contribution in [0.3, 0.4) is 0 Å². The first-order valence-corrected chi connectivity index (χ1v) is 13.8. The van der Waals surface area contributed by atoms with Gasteiger partial charge in [0, 0.05) is 0 Å². The molecule has 4 rings (SSSR count). The SMILES string of the molecule is CCC[C@H]1CC[C@H](CCCCC2CCC(c3ccc(-c4cc(F)c(F)c(F)c4)cc3)CC2)CC1. The fourth-order valence-corrected chi connectivity index (χ4v) is 6.54. The lowest BCUT2D eigenvalue weighted by atomic mass is 9.76. The molecule has 0 nitrogen and oxygen atoms in total. The van der Waals surface area contributed by atoms with Gasteiger partial charge in [-0.1, -0.05) is 95.4 Å². The topological polar surface area (TPSA) is 0 Å². The third kappa shape index (κ3) is 6.67. The summed E-state index contributed by atoms with van der Waals surface area (Å²) in [6.07, 6.45) is 19.4. The predicted molar refractivity (Wildman–Crippen MR) is 135 cm³/mol. The normalized spacial score (nSPS) is 25.4. The van der Waals surface area contributed by atoms with Crippen LogP contribution in [0.2, 0.25) is 0 Å². The smallest absolute Gasteiger partial charge is 0.194 e. The van der Waals surface area contributed by atoms with Gasteiger partial charge in [0.2, 0.25) is 0 Å². The highest BCUT2D eigenvalue weighted by Gasteiger charge is 2.23. The molecule has 0 atom stereocenters. The average Bonchev–Trinajstić information content (AvgIpc) is 2.86. The molecule has 34 heavy (non-hydrogen) atoms. The maximum Gasteiger partial charge on any atom is 0.194 e. The second-order valence-electron chi connectivity index (χ2n) is 11.1. The summed E-state index contributed by atoms with van der Waals surface area (Å²) in [4.78, 5) is 0. The molecule has 0 saturated heterocycles. The maximum absolute atomic E-state index is 13.6. The van der Waals surface area contributed by atoms with E-state index in [1.54, 1.807) is 0 Å². The van der Waals surface area contributed by atoms with Crippen molar-refractivity contribution in [3.8, 4) is 11.1 Å². The molecule has 2 saturated carbocycles. The zero-order valence-corrected chi connectivity index (χ0v) is 20.8. The fraction of sp³-hybridized carbons (Fsp3) is 0.613. The molecular formula is C31H41F3. The first kappa shape index (κ1) is 25.3. The van der Waals surface area contributed by atoms with Crippen molar-refractivity contribution in [2.45, 2.75) is 103 Å². The molecule has 0 bridgehead atoms. The summed E-state index contributed by atoms with van der Waals surface area (Å²) in [5.74, 6) is -0.234. The molecule has 186 valence electrons. The quantitative estimate of drug-likeness (QED) is 0.252. The molecule has 2 aliphatic rings. The van der Waals surface area contributed by atoms with Crippen LogP contribution in [0.25, 0.3) is 11.1 Å². The van der Waals surface area contributed by atoms with Crippen LogP contribution >= 0.6 is 0 Å². The molecule has 0 spiro atoms. The maximum atomic E-state index is 13.6. The number of hydrogen-bond donors (Lipinski definition) is 0. The van der Waals surface area contributed by atoms with Gasteiger partial charge in [-0.3, -0.25) is 0 Å². The summed E-state index contributed by atoms with van der Waals surface area (Å²) in [5, 5.41) is 0. The Hall–Kier alpha value is -1.77. The summed E-state index contributed by atoms with van der Waals surface area (Å²) in [6.45, 7) is 2.32. The largest absolute Gasteiger partial charge is 0.204 e. The molecular weight excluding hydrogens is 429 g/mol. The van der Waals surface area contributed by atoms with Crippen LogP contribution in [0.5, 0.6) is 0 Å². The molecule has 0 radical (unpaired) electrons. The number of unbranched alkanes of at least 4 members (excludes halogenated alkanes) is 1. The van der Waals surface area contributed by atoms with Gasteiger partial charge in [0.15, 0.2) is 17.5 Å². The van der Waals surface area contributed by atoms with E-state index in [-0.39, 0.29) is 0 Å². The number of halogens is 3. The molecule has 0 aliphatic heterocycles. The van der Waals surface area contributed by atoms with E-state index in [2.05, 4.69) is 19.1 Å². The highest BCUT2D eigenvalue weighted by Crippen LogP contribution is 2.39. The summed E-state index contributed by atoms with van der Waals surface area (Å²) in [6, 6.07) is 10.1. The zero-order valence-electron chi connectivity index (χ0n) is 20.8. The van der Waals surface area contributed by atoms with Gasteiger partial charge in [-0.15, -0.1) is 0 Å². The molecule has 0 aromatic heterocycles. The van der Waals surface area contributed by atoms with Crippen molar-refractivity contribution in [2.24, 2.45) is 17.8 Å². The minimum absolute atomic E-state index is 0.376. The Morgan fingerprint density at radius 1 is 0.618 bits per heavy atom. The Morgan fingerprint density at radius 2 is 1.09 bits per heavy atom. The van der Waals surface area contributed by atoms with E-state index in [9.17, 15) is 13.2 Å². The molecule has 0 N–H and O–H groups in total. The second-order valence-corrected chi connectivity index (χ2v) is 11.1. The van der Waals surface area contributed by atoms with Gasteiger partial charge in [0.1, 0.15) is 0 Å². The number of benzene rings is 2.